The first-order valence-electron chi connectivity index (χ1n) is 7.85. The third-order valence-corrected chi connectivity index (χ3v) is 5.24. The van der Waals surface area contributed by atoms with Gasteiger partial charge in [0, 0.05) is 19.2 Å². The maximum absolute atomic E-state index is 12.3. The number of fused-ring (bicyclic) bond motifs is 1. The molecule has 2 aliphatic carbocycles. The van der Waals surface area contributed by atoms with Crippen LogP contribution in [0.3, 0.4) is 0 Å². The van der Waals surface area contributed by atoms with Crippen molar-refractivity contribution in [1.82, 2.24) is 10.6 Å². The summed E-state index contributed by atoms with van der Waals surface area (Å²) in [6.45, 7) is 0. The Morgan fingerprint density at radius 3 is 2.74 bits per heavy atom. The number of ether oxygens (including phenoxy) is 1. The van der Waals surface area contributed by atoms with Crippen LogP contribution in [0, 0.1) is 5.92 Å². The van der Waals surface area contributed by atoms with Gasteiger partial charge in [-0.25, -0.2) is 0 Å². The van der Waals surface area contributed by atoms with Crippen molar-refractivity contribution in [2.45, 2.75) is 75.6 Å². The van der Waals surface area contributed by atoms with Gasteiger partial charge in [0.15, 0.2) is 0 Å². The largest absolute Gasteiger partial charge is 0.381 e. The molecular weight excluding hydrogens is 240 g/mol. The van der Waals surface area contributed by atoms with Gasteiger partial charge in [-0.2, -0.15) is 0 Å². The summed E-state index contributed by atoms with van der Waals surface area (Å²) in [6, 6.07) is 0.969. The van der Waals surface area contributed by atoms with Gasteiger partial charge in [0.2, 0.25) is 5.91 Å². The van der Waals surface area contributed by atoms with E-state index in [0.717, 1.165) is 31.6 Å². The van der Waals surface area contributed by atoms with Crippen molar-refractivity contribution in [2.24, 2.45) is 5.92 Å². The van der Waals surface area contributed by atoms with Gasteiger partial charge in [0.1, 0.15) is 0 Å². The highest BCUT2D eigenvalue weighted by molar-refractivity contribution is 5.82. The summed E-state index contributed by atoms with van der Waals surface area (Å²) in [4.78, 5) is 12.3. The van der Waals surface area contributed by atoms with Crippen molar-refractivity contribution in [3.8, 4) is 0 Å². The molecule has 5 atom stereocenters. The number of amides is 1. The van der Waals surface area contributed by atoms with Crippen LogP contribution in [-0.2, 0) is 9.53 Å². The summed E-state index contributed by atoms with van der Waals surface area (Å²) < 4.78 is 5.36. The number of carbonyl (C=O) groups is 1. The summed E-state index contributed by atoms with van der Waals surface area (Å²) in [5.41, 5.74) is 0. The highest BCUT2D eigenvalue weighted by atomic mass is 16.5. The molecule has 0 spiro atoms. The number of rotatable bonds is 3. The van der Waals surface area contributed by atoms with Crippen LogP contribution in [0.25, 0.3) is 0 Å². The fourth-order valence-corrected chi connectivity index (χ4v) is 4.11. The van der Waals surface area contributed by atoms with Crippen LogP contribution >= 0.6 is 0 Å². The van der Waals surface area contributed by atoms with Crippen molar-refractivity contribution in [3.05, 3.63) is 0 Å². The van der Waals surface area contributed by atoms with E-state index in [0.29, 0.717) is 18.2 Å². The van der Waals surface area contributed by atoms with E-state index >= 15 is 0 Å². The maximum atomic E-state index is 12.3. The van der Waals surface area contributed by atoms with Crippen LogP contribution in [0.5, 0.6) is 0 Å². The Bertz CT molecular complexity index is 320. The Morgan fingerprint density at radius 1 is 1.16 bits per heavy atom. The first kappa shape index (κ1) is 13.4. The van der Waals surface area contributed by atoms with Gasteiger partial charge in [-0.15, -0.1) is 0 Å². The van der Waals surface area contributed by atoms with Gasteiger partial charge in [-0.3, -0.25) is 4.79 Å². The zero-order valence-electron chi connectivity index (χ0n) is 11.9. The second-order valence-electron chi connectivity index (χ2n) is 6.48. The quantitative estimate of drug-likeness (QED) is 0.815. The number of carbonyl (C=O) groups excluding carboxylic acids is 1. The lowest BCUT2D eigenvalue weighted by Gasteiger charge is -2.24. The van der Waals surface area contributed by atoms with Gasteiger partial charge in [0.05, 0.1) is 12.1 Å². The van der Waals surface area contributed by atoms with E-state index in [1.807, 2.05) is 0 Å². The molecule has 0 aromatic rings. The minimum Gasteiger partial charge on any atom is -0.381 e. The highest BCUT2D eigenvalue weighted by Gasteiger charge is 2.39. The normalized spacial score (nSPS) is 42.1. The second-order valence-corrected chi connectivity index (χ2v) is 6.48. The molecule has 0 bridgehead atoms. The van der Waals surface area contributed by atoms with Gasteiger partial charge in [-0.1, -0.05) is 12.8 Å². The second kappa shape index (κ2) is 5.80. The lowest BCUT2D eigenvalue weighted by Crippen LogP contribution is -2.46. The molecule has 0 aromatic heterocycles. The molecule has 0 radical (unpaired) electrons. The third kappa shape index (κ3) is 2.95. The van der Waals surface area contributed by atoms with E-state index in [2.05, 4.69) is 10.6 Å². The lowest BCUT2D eigenvalue weighted by atomic mass is 9.85. The molecule has 1 amide bonds. The molecule has 1 saturated heterocycles. The maximum Gasteiger partial charge on any atom is 0.237 e. The standard InChI is InChI=1S/C15H26N2O2/c1-19-12-7-6-11(9-12)16-15(18)14-8-10-4-2-3-5-13(10)17-14/h10-14,17H,2-9H2,1H3,(H,16,18). The fourth-order valence-electron chi connectivity index (χ4n) is 4.11. The molecule has 4 heteroatoms. The summed E-state index contributed by atoms with van der Waals surface area (Å²) in [5, 5.41) is 6.76. The van der Waals surface area contributed by atoms with Crippen molar-refractivity contribution < 1.29 is 9.53 Å². The Labute approximate surface area is 115 Å². The van der Waals surface area contributed by atoms with Crippen LogP contribution in [0.15, 0.2) is 0 Å². The molecule has 108 valence electrons. The fraction of sp³-hybridized carbons (Fsp3) is 0.933. The van der Waals surface area contributed by atoms with Gasteiger partial charge in [0.25, 0.3) is 0 Å². The average molecular weight is 266 g/mol. The SMILES string of the molecule is COC1CCC(NC(=O)C2CC3CCCCC3N2)C1. The molecule has 1 heterocycles. The smallest absolute Gasteiger partial charge is 0.237 e. The molecule has 3 rings (SSSR count). The molecule has 4 nitrogen and oxygen atoms in total. The number of nitrogens with one attached hydrogen (secondary N) is 2. The molecule has 0 aromatic carbocycles. The molecule has 3 aliphatic rings. The van der Waals surface area contributed by atoms with Crippen LogP contribution in [0.4, 0.5) is 0 Å². The van der Waals surface area contributed by atoms with E-state index in [1.54, 1.807) is 7.11 Å². The van der Waals surface area contributed by atoms with E-state index in [1.165, 1.54) is 25.7 Å². The van der Waals surface area contributed by atoms with E-state index in [9.17, 15) is 4.79 Å². The Kier molecular flexibility index (Phi) is 4.08. The predicted molar refractivity (Wildman–Crippen MR) is 73.9 cm³/mol. The first-order valence-corrected chi connectivity index (χ1v) is 7.85. The van der Waals surface area contributed by atoms with E-state index in [-0.39, 0.29) is 11.9 Å². The summed E-state index contributed by atoms with van der Waals surface area (Å²) in [7, 11) is 1.76. The summed E-state index contributed by atoms with van der Waals surface area (Å²) >= 11 is 0. The summed E-state index contributed by atoms with van der Waals surface area (Å²) in [5.74, 6) is 0.955. The van der Waals surface area contributed by atoms with Crippen LogP contribution in [0.2, 0.25) is 0 Å². The zero-order valence-corrected chi connectivity index (χ0v) is 11.9. The molecular formula is C15H26N2O2. The van der Waals surface area contributed by atoms with Crippen molar-refractivity contribution in [1.29, 1.82) is 0 Å². The Balaban J connectivity index is 1.48. The van der Waals surface area contributed by atoms with Crippen LogP contribution in [0.1, 0.15) is 51.4 Å². The third-order valence-electron chi connectivity index (χ3n) is 5.24. The highest BCUT2D eigenvalue weighted by Crippen LogP contribution is 2.33. The van der Waals surface area contributed by atoms with Crippen LogP contribution in [-0.4, -0.2) is 37.2 Å². The molecule has 3 fully saturated rings. The topological polar surface area (TPSA) is 50.4 Å². The Hall–Kier alpha value is -0.610. The summed E-state index contributed by atoms with van der Waals surface area (Å²) in [6.07, 6.45) is 9.70. The lowest BCUT2D eigenvalue weighted by molar-refractivity contribution is -0.123. The Morgan fingerprint density at radius 2 is 2.00 bits per heavy atom. The molecule has 19 heavy (non-hydrogen) atoms. The van der Waals surface area contributed by atoms with Gasteiger partial charge < -0.3 is 15.4 Å². The predicted octanol–water partition coefficient (Wildman–Crippen LogP) is 1.59. The first-order chi connectivity index (χ1) is 9.26. The van der Waals surface area contributed by atoms with Crippen molar-refractivity contribution >= 4 is 5.91 Å². The number of methoxy groups -OCH3 is 1. The molecule has 2 N–H and O–H groups in total. The van der Waals surface area contributed by atoms with Crippen molar-refractivity contribution in [3.63, 3.8) is 0 Å². The van der Waals surface area contributed by atoms with E-state index in [4.69, 9.17) is 4.74 Å². The van der Waals surface area contributed by atoms with Crippen molar-refractivity contribution in [2.75, 3.05) is 7.11 Å². The van der Waals surface area contributed by atoms with Crippen LogP contribution < -0.4 is 10.6 Å². The number of hydrogen-bond acceptors (Lipinski definition) is 3. The van der Waals surface area contributed by atoms with Gasteiger partial charge >= 0.3 is 0 Å². The zero-order chi connectivity index (χ0) is 13.2. The molecule has 5 unspecified atom stereocenters. The van der Waals surface area contributed by atoms with Gasteiger partial charge in [-0.05, 0) is 44.4 Å². The monoisotopic (exact) mass is 266 g/mol. The molecule has 2 saturated carbocycles. The minimum absolute atomic E-state index is 0.0506. The average Bonchev–Trinajstić information content (AvgIpc) is 3.04. The molecule has 1 aliphatic heterocycles. The minimum atomic E-state index is 0.0506. The number of hydrogen-bond donors (Lipinski definition) is 2. The van der Waals surface area contributed by atoms with E-state index < -0.39 is 0 Å².